The highest BCUT2D eigenvalue weighted by Crippen LogP contribution is 2.19. The molecular weight excluding hydrogens is 188 g/mol. The first-order chi connectivity index (χ1) is 7.38. The molecule has 0 N–H and O–H groups in total. The first kappa shape index (κ1) is 10.7. The lowest BCUT2D eigenvalue weighted by atomic mass is 9.94. The highest BCUT2D eigenvalue weighted by Gasteiger charge is 2.19. The summed E-state index contributed by atoms with van der Waals surface area (Å²) in [6, 6.07) is 0. The number of nitrogens with zero attached hydrogens (tertiary/aromatic N) is 2. The van der Waals surface area contributed by atoms with E-state index in [2.05, 4.69) is 17.1 Å². The maximum Gasteiger partial charge on any atom is 0.209 e. The van der Waals surface area contributed by atoms with Crippen LogP contribution in [0.25, 0.3) is 0 Å². The smallest absolute Gasteiger partial charge is 0.209 e. The Kier molecular flexibility index (Phi) is 3.78. The van der Waals surface area contributed by atoms with E-state index in [-0.39, 0.29) is 0 Å². The van der Waals surface area contributed by atoms with Crippen LogP contribution in [0.2, 0.25) is 0 Å². The highest BCUT2D eigenvalue weighted by molar-refractivity contribution is 5.47. The molecule has 1 amide bonds. The van der Waals surface area contributed by atoms with E-state index >= 15 is 0 Å². The Morgan fingerprint density at radius 1 is 1.20 bits per heavy atom. The van der Waals surface area contributed by atoms with Crippen LogP contribution in [0.4, 0.5) is 0 Å². The molecule has 0 bridgehead atoms. The number of rotatable bonds is 3. The Balaban J connectivity index is 1.71. The van der Waals surface area contributed by atoms with Crippen molar-refractivity contribution in [1.29, 1.82) is 0 Å². The normalized spacial score (nSPS) is 28.0. The lowest BCUT2D eigenvalue weighted by molar-refractivity contribution is -0.119. The average molecular weight is 208 g/mol. The zero-order valence-electron chi connectivity index (χ0n) is 9.27. The summed E-state index contributed by atoms with van der Waals surface area (Å²) in [4.78, 5) is 14.9. The molecule has 0 aromatic heterocycles. The van der Waals surface area contributed by atoms with Gasteiger partial charge in [0.25, 0.3) is 0 Å². The first-order valence-electron chi connectivity index (χ1n) is 5.95. The first-order valence-corrected chi connectivity index (χ1v) is 5.95. The Hall–Kier alpha value is -0.830. The standard InChI is InChI=1S/C12H20N2O/c15-11-14-8-6-13(7-9-14)10-12-4-2-1-3-5-12/h1-2,11-12H,3-10H2/t12-/m1/s1. The number of carbonyl (C=O) groups is 1. The van der Waals surface area contributed by atoms with E-state index in [1.54, 1.807) is 0 Å². The summed E-state index contributed by atoms with van der Waals surface area (Å²) < 4.78 is 0. The summed E-state index contributed by atoms with van der Waals surface area (Å²) in [6.07, 6.45) is 9.41. The van der Waals surface area contributed by atoms with Gasteiger partial charge in [0, 0.05) is 32.7 Å². The number of carbonyl (C=O) groups excluding carboxylic acids is 1. The Morgan fingerprint density at radius 2 is 2.00 bits per heavy atom. The second kappa shape index (κ2) is 5.31. The van der Waals surface area contributed by atoms with Crippen LogP contribution in [0, 0.1) is 5.92 Å². The van der Waals surface area contributed by atoms with Crippen LogP contribution in [-0.4, -0.2) is 48.9 Å². The average Bonchev–Trinajstić information content (AvgIpc) is 2.31. The third kappa shape index (κ3) is 3.06. The van der Waals surface area contributed by atoms with E-state index in [1.807, 2.05) is 4.90 Å². The van der Waals surface area contributed by atoms with Crippen LogP contribution < -0.4 is 0 Å². The molecule has 0 aromatic rings. The molecule has 0 spiro atoms. The molecule has 1 atom stereocenters. The van der Waals surface area contributed by atoms with E-state index < -0.39 is 0 Å². The number of piperazine rings is 1. The van der Waals surface area contributed by atoms with Gasteiger partial charge in [0.05, 0.1) is 0 Å². The summed E-state index contributed by atoms with van der Waals surface area (Å²) in [7, 11) is 0. The van der Waals surface area contributed by atoms with Crippen molar-refractivity contribution in [3.8, 4) is 0 Å². The molecule has 1 saturated heterocycles. The lowest BCUT2D eigenvalue weighted by Gasteiger charge is -2.35. The fourth-order valence-electron chi connectivity index (χ4n) is 2.44. The maximum absolute atomic E-state index is 10.6. The van der Waals surface area contributed by atoms with Gasteiger partial charge in [0.15, 0.2) is 0 Å². The molecule has 1 heterocycles. The van der Waals surface area contributed by atoms with Crippen molar-refractivity contribution in [3.63, 3.8) is 0 Å². The second-order valence-electron chi connectivity index (χ2n) is 4.59. The van der Waals surface area contributed by atoms with Gasteiger partial charge in [0.1, 0.15) is 0 Å². The van der Waals surface area contributed by atoms with Crippen LogP contribution in [-0.2, 0) is 4.79 Å². The van der Waals surface area contributed by atoms with E-state index in [9.17, 15) is 4.79 Å². The second-order valence-corrected chi connectivity index (χ2v) is 4.59. The fraction of sp³-hybridized carbons (Fsp3) is 0.750. The van der Waals surface area contributed by atoms with Crippen LogP contribution >= 0.6 is 0 Å². The van der Waals surface area contributed by atoms with Crippen LogP contribution in [0.5, 0.6) is 0 Å². The van der Waals surface area contributed by atoms with Crippen molar-refractivity contribution >= 4 is 6.41 Å². The monoisotopic (exact) mass is 208 g/mol. The molecule has 2 aliphatic rings. The quantitative estimate of drug-likeness (QED) is 0.512. The molecular formula is C12H20N2O. The minimum atomic E-state index is 0.845. The number of hydrogen-bond donors (Lipinski definition) is 0. The third-order valence-electron chi connectivity index (χ3n) is 3.45. The molecule has 15 heavy (non-hydrogen) atoms. The minimum Gasteiger partial charge on any atom is -0.343 e. The van der Waals surface area contributed by atoms with Gasteiger partial charge in [-0.2, -0.15) is 0 Å². The molecule has 1 aliphatic carbocycles. The van der Waals surface area contributed by atoms with Gasteiger partial charge in [-0.3, -0.25) is 9.69 Å². The summed E-state index contributed by atoms with van der Waals surface area (Å²) in [5.74, 6) is 0.845. The number of hydrogen-bond acceptors (Lipinski definition) is 2. The molecule has 0 saturated carbocycles. The SMILES string of the molecule is O=CN1CCN(C[C@@H]2CC=CCC2)CC1. The molecule has 84 valence electrons. The van der Waals surface area contributed by atoms with Crippen molar-refractivity contribution in [2.24, 2.45) is 5.92 Å². The number of amides is 1. The Bertz CT molecular complexity index is 232. The molecule has 2 rings (SSSR count). The largest absolute Gasteiger partial charge is 0.343 e. The summed E-state index contributed by atoms with van der Waals surface area (Å²) in [5, 5.41) is 0. The van der Waals surface area contributed by atoms with Crippen molar-refractivity contribution in [2.45, 2.75) is 19.3 Å². The summed E-state index contributed by atoms with van der Waals surface area (Å²) in [6.45, 7) is 5.15. The predicted molar refractivity (Wildman–Crippen MR) is 60.6 cm³/mol. The van der Waals surface area contributed by atoms with Crippen LogP contribution in [0.3, 0.4) is 0 Å². The molecule has 1 fully saturated rings. The molecule has 0 radical (unpaired) electrons. The molecule has 1 aliphatic heterocycles. The third-order valence-corrected chi connectivity index (χ3v) is 3.45. The molecule has 3 nitrogen and oxygen atoms in total. The van der Waals surface area contributed by atoms with Gasteiger partial charge in [-0.15, -0.1) is 0 Å². The van der Waals surface area contributed by atoms with Gasteiger partial charge < -0.3 is 4.90 Å². The zero-order valence-corrected chi connectivity index (χ0v) is 9.27. The van der Waals surface area contributed by atoms with Gasteiger partial charge in [-0.05, 0) is 25.2 Å². The highest BCUT2D eigenvalue weighted by atomic mass is 16.1. The van der Waals surface area contributed by atoms with Crippen LogP contribution in [0.1, 0.15) is 19.3 Å². The Labute approximate surface area is 91.7 Å². The van der Waals surface area contributed by atoms with Crippen molar-refractivity contribution < 1.29 is 4.79 Å². The van der Waals surface area contributed by atoms with Crippen molar-refractivity contribution in [1.82, 2.24) is 9.80 Å². The summed E-state index contributed by atoms with van der Waals surface area (Å²) >= 11 is 0. The molecule has 0 aromatic carbocycles. The van der Waals surface area contributed by atoms with Crippen molar-refractivity contribution in [2.75, 3.05) is 32.7 Å². The molecule has 0 unspecified atom stereocenters. The minimum absolute atomic E-state index is 0.845. The van der Waals surface area contributed by atoms with Crippen molar-refractivity contribution in [3.05, 3.63) is 12.2 Å². The van der Waals surface area contributed by atoms with Gasteiger partial charge in [-0.1, -0.05) is 12.2 Å². The zero-order chi connectivity index (χ0) is 10.5. The molecule has 3 heteroatoms. The summed E-state index contributed by atoms with van der Waals surface area (Å²) in [5.41, 5.74) is 0. The predicted octanol–water partition coefficient (Wildman–Crippen LogP) is 1.12. The van der Waals surface area contributed by atoms with E-state index in [0.717, 1.165) is 38.5 Å². The van der Waals surface area contributed by atoms with Crippen LogP contribution in [0.15, 0.2) is 12.2 Å². The van der Waals surface area contributed by atoms with Gasteiger partial charge in [0.2, 0.25) is 6.41 Å². The lowest BCUT2D eigenvalue weighted by Crippen LogP contribution is -2.47. The van der Waals surface area contributed by atoms with Gasteiger partial charge in [-0.25, -0.2) is 0 Å². The van der Waals surface area contributed by atoms with E-state index in [1.165, 1.54) is 25.8 Å². The maximum atomic E-state index is 10.6. The topological polar surface area (TPSA) is 23.6 Å². The van der Waals surface area contributed by atoms with E-state index in [4.69, 9.17) is 0 Å². The van der Waals surface area contributed by atoms with Gasteiger partial charge >= 0.3 is 0 Å². The number of allylic oxidation sites excluding steroid dienone is 2. The fourth-order valence-corrected chi connectivity index (χ4v) is 2.44. The van der Waals surface area contributed by atoms with E-state index in [0.29, 0.717) is 0 Å². The Morgan fingerprint density at radius 3 is 2.60 bits per heavy atom.